The zero-order valence-electron chi connectivity index (χ0n) is 35.3. The number of benzene rings is 5. The average molecular weight is 747 g/mol. The monoisotopic (exact) mass is 746 g/mol. The number of phenolic OH excluding ortho intramolecular Hbond substituents is 2. The topological polar surface area (TPSA) is 74.6 Å². The lowest BCUT2D eigenvalue weighted by molar-refractivity contribution is 0.111. The molecule has 0 aliphatic carbocycles. The highest BCUT2D eigenvalue weighted by atomic mass is 16.3. The molecule has 0 aliphatic heterocycles. The Hall–Kier alpha value is -5.48. The Bertz CT molecular complexity index is 2110. The third kappa shape index (κ3) is 9.30. The summed E-state index contributed by atoms with van der Waals surface area (Å²) >= 11 is 0. The number of carbonyl (C=O) groups is 2. The van der Waals surface area contributed by atoms with E-state index in [0.717, 1.165) is 79.3 Å². The van der Waals surface area contributed by atoms with Gasteiger partial charge in [0.05, 0.1) is 0 Å². The fourth-order valence-electron chi connectivity index (χ4n) is 7.04. The summed E-state index contributed by atoms with van der Waals surface area (Å²) in [7, 11) is 0. The van der Waals surface area contributed by atoms with Crippen molar-refractivity contribution < 1.29 is 19.8 Å². The highest BCUT2D eigenvalue weighted by Crippen LogP contribution is 2.44. The molecule has 0 radical (unpaired) electrons. The van der Waals surface area contributed by atoms with Crippen LogP contribution in [0.25, 0.3) is 46.6 Å². The number of hydrogen-bond acceptors (Lipinski definition) is 4. The van der Waals surface area contributed by atoms with Gasteiger partial charge in [0.25, 0.3) is 0 Å². The first-order valence-electron chi connectivity index (χ1n) is 19.4. The van der Waals surface area contributed by atoms with Gasteiger partial charge in [-0.2, -0.15) is 0 Å². The minimum atomic E-state index is -0.262. The van der Waals surface area contributed by atoms with Crippen molar-refractivity contribution in [2.24, 2.45) is 0 Å². The van der Waals surface area contributed by atoms with Crippen LogP contribution in [0.5, 0.6) is 11.5 Å². The zero-order chi connectivity index (χ0) is 41.4. The van der Waals surface area contributed by atoms with E-state index in [1.54, 1.807) is 0 Å². The quantitative estimate of drug-likeness (QED) is 0.122. The minimum absolute atomic E-state index is 0.262. The van der Waals surface area contributed by atoms with Gasteiger partial charge >= 0.3 is 0 Å². The number of phenols is 2. The van der Waals surface area contributed by atoms with Crippen LogP contribution in [-0.2, 0) is 21.7 Å². The Balaban J connectivity index is 1.49. The van der Waals surface area contributed by atoms with Crippen LogP contribution in [0.2, 0.25) is 0 Å². The van der Waals surface area contributed by atoms with E-state index in [9.17, 15) is 19.8 Å². The van der Waals surface area contributed by atoms with Crippen molar-refractivity contribution in [3.8, 4) is 33.8 Å². The predicted octanol–water partition coefficient (Wildman–Crippen LogP) is 13.6. The molecule has 0 aliphatic rings. The van der Waals surface area contributed by atoms with E-state index >= 15 is 0 Å². The number of carbonyl (C=O) groups excluding carboxylic acids is 2. The second kappa shape index (κ2) is 15.6. The molecular weight excluding hydrogens is 689 g/mol. The summed E-state index contributed by atoms with van der Waals surface area (Å²) in [5, 5.41) is 22.6. The van der Waals surface area contributed by atoms with Gasteiger partial charge in [0.1, 0.15) is 11.5 Å². The summed E-state index contributed by atoms with van der Waals surface area (Å²) < 4.78 is 0. The van der Waals surface area contributed by atoms with E-state index < -0.39 is 0 Å². The maximum Gasteiger partial charge on any atom is 0.150 e. The lowest BCUT2D eigenvalue weighted by Gasteiger charge is -2.28. The smallest absolute Gasteiger partial charge is 0.150 e. The van der Waals surface area contributed by atoms with Crippen molar-refractivity contribution in [3.63, 3.8) is 0 Å². The fraction of sp³-hybridized carbons (Fsp3) is 0.308. The molecule has 0 saturated carbocycles. The summed E-state index contributed by atoms with van der Waals surface area (Å²) in [5.41, 5.74) is 11.1. The summed E-state index contributed by atoms with van der Waals surface area (Å²) in [6, 6.07) is 28.1. The largest absolute Gasteiger partial charge is 0.507 e. The van der Waals surface area contributed by atoms with Gasteiger partial charge in [0, 0.05) is 33.4 Å². The molecule has 4 nitrogen and oxygen atoms in total. The molecule has 0 fully saturated rings. The van der Waals surface area contributed by atoms with E-state index in [1.165, 1.54) is 0 Å². The minimum Gasteiger partial charge on any atom is -0.507 e. The van der Waals surface area contributed by atoms with Crippen LogP contribution in [0.1, 0.15) is 148 Å². The highest BCUT2D eigenvalue weighted by molar-refractivity contribution is 5.89. The van der Waals surface area contributed by atoms with E-state index in [1.807, 2.05) is 78.9 Å². The molecule has 0 unspecified atom stereocenters. The Morgan fingerprint density at radius 1 is 0.375 bits per heavy atom. The SMILES string of the molecule is CC(C)(C)c1cc(-c2ccc(C=O)c(/C=C/c3cccc(/C=C/c4cc(-c5cc(C(C)(C)C)c(O)c(C(C)(C)C)c5)ccc4C=O)c3)c2)cc(C(C)(C)C)c1O. The molecular formula is C52H58O4. The first kappa shape index (κ1) is 41.7. The van der Waals surface area contributed by atoms with Crippen molar-refractivity contribution in [2.45, 2.75) is 105 Å². The van der Waals surface area contributed by atoms with Crippen molar-refractivity contribution >= 4 is 36.9 Å². The van der Waals surface area contributed by atoms with E-state index in [2.05, 4.69) is 113 Å². The van der Waals surface area contributed by atoms with Crippen LogP contribution in [0.15, 0.2) is 84.9 Å². The Labute approximate surface area is 334 Å². The van der Waals surface area contributed by atoms with Crippen LogP contribution in [0, 0.1) is 0 Å². The predicted molar refractivity (Wildman–Crippen MR) is 237 cm³/mol. The van der Waals surface area contributed by atoms with Gasteiger partial charge in [-0.1, -0.05) is 150 Å². The van der Waals surface area contributed by atoms with Crippen molar-refractivity contribution in [1.29, 1.82) is 0 Å². The third-order valence-electron chi connectivity index (χ3n) is 10.4. The van der Waals surface area contributed by atoms with Gasteiger partial charge in [-0.25, -0.2) is 0 Å². The van der Waals surface area contributed by atoms with Crippen LogP contribution < -0.4 is 0 Å². The number of aldehydes is 2. The van der Waals surface area contributed by atoms with Gasteiger partial charge < -0.3 is 10.2 Å². The molecule has 0 saturated heterocycles. The molecule has 2 N–H and O–H groups in total. The molecule has 0 atom stereocenters. The molecule has 290 valence electrons. The first-order chi connectivity index (χ1) is 26.0. The fourth-order valence-corrected chi connectivity index (χ4v) is 7.04. The molecule has 0 aromatic heterocycles. The highest BCUT2D eigenvalue weighted by Gasteiger charge is 2.28. The maximum absolute atomic E-state index is 12.2. The average Bonchev–Trinajstić information content (AvgIpc) is 3.11. The second-order valence-electron chi connectivity index (χ2n) is 19.1. The number of aromatic hydroxyl groups is 2. The molecule has 5 aromatic carbocycles. The van der Waals surface area contributed by atoms with Crippen LogP contribution >= 0.6 is 0 Å². The summed E-state index contributed by atoms with van der Waals surface area (Å²) in [5.74, 6) is 0.674. The molecule has 56 heavy (non-hydrogen) atoms. The van der Waals surface area contributed by atoms with Gasteiger partial charge in [-0.15, -0.1) is 0 Å². The Kier molecular flexibility index (Phi) is 11.6. The first-order valence-corrected chi connectivity index (χ1v) is 19.4. The molecule has 5 aromatic rings. The Morgan fingerprint density at radius 2 is 0.696 bits per heavy atom. The maximum atomic E-state index is 12.2. The molecule has 0 amide bonds. The van der Waals surface area contributed by atoms with E-state index in [-0.39, 0.29) is 21.7 Å². The number of hydrogen-bond donors (Lipinski definition) is 2. The van der Waals surface area contributed by atoms with Gasteiger partial charge in [0.15, 0.2) is 12.6 Å². The number of rotatable bonds is 8. The van der Waals surface area contributed by atoms with Crippen molar-refractivity contribution in [3.05, 3.63) is 141 Å². The lowest BCUT2D eigenvalue weighted by atomic mass is 9.77. The van der Waals surface area contributed by atoms with E-state index in [4.69, 9.17) is 0 Å². The molecule has 0 bridgehead atoms. The summed E-state index contributed by atoms with van der Waals surface area (Å²) in [6.45, 7) is 25.2. The molecule has 0 spiro atoms. The molecule has 4 heteroatoms. The van der Waals surface area contributed by atoms with Crippen LogP contribution in [0.3, 0.4) is 0 Å². The van der Waals surface area contributed by atoms with E-state index in [0.29, 0.717) is 22.6 Å². The van der Waals surface area contributed by atoms with Gasteiger partial charge in [0.2, 0.25) is 0 Å². The van der Waals surface area contributed by atoms with Gasteiger partial charge in [-0.05, 0) is 109 Å². The third-order valence-corrected chi connectivity index (χ3v) is 10.4. The summed E-state index contributed by atoms with van der Waals surface area (Å²) in [6.07, 6.45) is 9.70. The van der Waals surface area contributed by atoms with Crippen LogP contribution in [-0.4, -0.2) is 22.8 Å². The van der Waals surface area contributed by atoms with Crippen molar-refractivity contribution in [2.75, 3.05) is 0 Å². The summed E-state index contributed by atoms with van der Waals surface area (Å²) in [4.78, 5) is 24.3. The van der Waals surface area contributed by atoms with Crippen molar-refractivity contribution in [1.82, 2.24) is 0 Å². The van der Waals surface area contributed by atoms with Crippen LogP contribution in [0.4, 0.5) is 0 Å². The lowest BCUT2D eigenvalue weighted by Crippen LogP contribution is -2.17. The second-order valence-corrected chi connectivity index (χ2v) is 19.1. The molecule has 5 rings (SSSR count). The van der Waals surface area contributed by atoms with Gasteiger partial charge in [-0.3, -0.25) is 9.59 Å². The molecule has 0 heterocycles. The normalized spacial score (nSPS) is 12.8. The Morgan fingerprint density at radius 3 is 0.982 bits per heavy atom. The standard InChI is InChI=1S/C52H58O4/c1-49(2,3)43-27-41(28-44(47(43)55)50(4,5)6)37-20-22-39(31-53)35(25-37)18-16-33-14-13-15-34(24-33)17-19-36-26-38(21-23-40(36)32-54)42-29-45(51(7,8)9)48(56)46(30-42)52(10,11)12/h13-32,55-56H,1-12H3/b18-16+,19-17+. The zero-order valence-corrected chi connectivity index (χ0v) is 35.3.